The van der Waals surface area contributed by atoms with Gasteiger partial charge in [0, 0.05) is 45.5 Å². The van der Waals surface area contributed by atoms with Gasteiger partial charge in [-0.15, -0.1) is 0 Å². The van der Waals surface area contributed by atoms with Gasteiger partial charge in [0.1, 0.15) is 0 Å². The summed E-state index contributed by atoms with van der Waals surface area (Å²) in [6, 6.07) is 15.4. The third kappa shape index (κ3) is 8.39. The topological polar surface area (TPSA) is 89.1 Å². The fraction of sp³-hybridized carbons (Fsp3) is 0.375. The first-order valence-corrected chi connectivity index (χ1v) is 10.6. The predicted molar refractivity (Wildman–Crippen MR) is 130 cm³/mol. The number of hydrogen-bond acceptors (Lipinski definition) is 4. The van der Waals surface area contributed by atoms with Crippen LogP contribution in [0.2, 0.25) is 0 Å². The van der Waals surface area contributed by atoms with Crippen LogP contribution in [0.4, 0.5) is 5.69 Å². The van der Waals surface area contributed by atoms with E-state index in [2.05, 4.69) is 20.9 Å². The molecule has 172 valence electrons. The molecule has 8 heteroatoms. The lowest BCUT2D eigenvalue weighted by Gasteiger charge is -2.14. The Morgan fingerprint density at radius 2 is 1.66 bits per heavy atom. The van der Waals surface area contributed by atoms with Crippen molar-refractivity contribution in [1.82, 2.24) is 20.4 Å². The van der Waals surface area contributed by atoms with Gasteiger partial charge in [-0.1, -0.05) is 24.3 Å². The number of benzene rings is 2. The van der Waals surface area contributed by atoms with Gasteiger partial charge in [-0.05, 0) is 55.9 Å². The van der Waals surface area contributed by atoms with Crippen molar-refractivity contribution in [1.29, 1.82) is 0 Å². The van der Waals surface area contributed by atoms with Crippen LogP contribution in [-0.4, -0.2) is 75.9 Å². The number of nitrogens with zero attached hydrogens (tertiary/aromatic N) is 3. The lowest BCUT2D eigenvalue weighted by molar-refractivity contribution is -0.116. The van der Waals surface area contributed by atoms with Crippen LogP contribution in [0, 0.1) is 0 Å². The maximum absolute atomic E-state index is 12.1. The number of carbonyl (C=O) groups is 2. The Balaban J connectivity index is 1.84. The van der Waals surface area contributed by atoms with Gasteiger partial charge >= 0.3 is 0 Å². The van der Waals surface area contributed by atoms with E-state index in [1.807, 2.05) is 67.5 Å². The van der Waals surface area contributed by atoms with Crippen LogP contribution in [-0.2, 0) is 17.8 Å². The Bertz CT molecular complexity index is 940. The van der Waals surface area contributed by atoms with E-state index in [0.717, 1.165) is 23.2 Å². The van der Waals surface area contributed by atoms with E-state index in [4.69, 9.17) is 0 Å². The smallest absolute Gasteiger partial charge is 0.253 e. The highest BCUT2D eigenvalue weighted by Crippen LogP contribution is 2.11. The molecule has 0 saturated heterocycles. The molecule has 8 nitrogen and oxygen atoms in total. The van der Waals surface area contributed by atoms with Crippen molar-refractivity contribution in [2.75, 3.05) is 53.6 Å². The van der Waals surface area contributed by atoms with Gasteiger partial charge in [-0.3, -0.25) is 14.6 Å². The molecule has 0 radical (unpaired) electrons. The number of likely N-dealkylation sites (N-methyl/N-ethyl adjacent to an activating group) is 1. The van der Waals surface area contributed by atoms with Gasteiger partial charge in [0.05, 0.1) is 6.54 Å². The molecule has 0 spiro atoms. The Kier molecular flexibility index (Phi) is 9.69. The van der Waals surface area contributed by atoms with Crippen molar-refractivity contribution in [3.05, 3.63) is 65.2 Å². The fourth-order valence-corrected chi connectivity index (χ4v) is 3.10. The first-order chi connectivity index (χ1) is 15.3. The van der Waals surface area contributed by atoms with Crippen molar-refractivity contribution in [3.8, 4) is 0 Å². The summed E-state index contributed by atoms with van der Waals surface area (Å²) in [6.45, 7) is 1.59. The molecule has 2 amide bonds. The maximum atomic E-state index is 12.1. The van der Waals surface area contributed by atoms with E-state index in [1.54, 1.807) is 26.0 Å². The highest BCUT2D eigenvalue weighted by Gasteiger charge is 2.08. The molecule has 0 aliphatic rings. The molecule has 2 aromatic carbocycles. The molecular weight excluding hydrogens is 404 g/mol. The minimum atomic E-state index is -0.0473. The van der Waals surface area contributed by atoms with Gasteiger partial charge < -0.3 is 25.8 Å². The summed E-state index contributed by atoms with van der Waals surface area (Å²) in [6.07, 6.45) is 0.767. The summed E-state index contributed by atoms with van der Waals surface area (Å²) < 4.78 is 0. The highest BCUT2D eigenvalue weighted by atomic mass is 16.2. The van der Waals surface area contributed by atoms with Crippen LogP contribution < -0.4 is 16.0 Å². The zero-order chi connectivity index (χ0) is 23.5. The summed E-state index contributed by atoms with van der Waals surface area (Å²) in [7, 11) is 8.94. The van der Waals surface area contributed by atoms with Crippen LogP contribution in [0.15, 0.2) is 53.5 Å². The lowest BCUT2D eigenvalue weighted by Crippen LogP contribution is -2.37. The molecule has 0 bridgehead atoms. The van der Waals surface area contributed by atoms with Gasteiger partial charge in [0.2, 0.25) is 5.91 Å². The highest BCUT2D eigenvalue weighted by molar-refractivity contribution is 5.94. The number of amides is 2. The van der Waals surface area contributed by atoms with Crippen molar-refractivity contribution < 1.29 is 9.59 Å². The normalized spacial score (nSPS) is 11.2. The van der Waals surface area contributed by atoms with E-state index in [0.29, 0.717) is 31.2 Å². The number of carbonyl (C=O) groups excluding carboxylic acids is 2. The molecular formula is C24H34N6O2. The predicted octanol–water partition coefficient (Wildman–Crippen LogP) is 1.80. The quantitative estimate of drug-likeness (QED) is 0.410. The Hall–Kier alpha value is -3.39. The van der Waals surface area contributed by atoms with E-state index in [9.17, 15) is 9.59 Å². The van der Waals surface area contributed by atoms with Gasteiger partial charge in [-0.2, -0.15) is 0 Å². The summed E-state index contributed by atoms with van der Waals surface area (Å²) >= 11 is 0. The SMILES string of the molecule is CN=C(NCCc1cccc(C(=O)N(C)C)c1)NCc1cccc(NC(=O)CN(C)C)c1. The van der Waals surface area contributed by atoms with E-state index in [-0.39, 0.29) is 11.8 Å². The number of anilines is 1. The van der Waals surface area contributed by atoms with Crippen LogP contribution in [0.25, 0.3) is 0 Å². The molecule has 32 heavy (non-hydrogen) atoms. The molecule has 0 atom stereocenters. The standard InChI is InChI=1S/C24H34N6O2/c1-25-24(26-13-12-18-8-6-10-20(14-18)23(32)30(4)5)27-16-19-9-7-11-21(15-19)28-22(31)17-29(2)3/h6-11,14-15H,12-13,16-17H2,1-5H3,(H,28,31)(H2,25,26,27). The maximum Gasteiger partial charge on any atom is 0.253 e. The van der Waals surface area contributed by atoms with E-state index >= 15 is 0 Å². The van der Waals surface area contributed by atoms with Crippen LogP contribution >= 0.6 is 0 Å². The average Bonchev–Trinajstić information content (AvgIpc) is 2.75. The summed E-state index contributed by atoms with van der Waals surface area (Å²) in [5, 5.41) is 9.49. The van der Waals surface area contributed by atoms with Gasteiger partial charge in [0.15, 0.2) is 5.96 Å². The Morgan fingerprint density at radius 3 is 2.34 bits per heavy atom. The van der Waals surface area contributed by atoms with E-state index < -0.39 is 0 Å². The molecule has 0 heterocycles. The summed E-state index contributed by atoms with van der Waals surface area (Å²) in [5.74, 6) is 0.638. The Morgan fingerprint density at radius 1 is 0.938 bits per heavy atom. The zero-order valence-electron chi connectivity index (χ0n) is 19.6. The zero-order valence-corrected chi connectivity index (χ0v) is 19.6. The first-order valence-electron chi connectivity index (χ1n) is 10.6. The molecule has 0 aromatic heterocycles. The molecule has 3 N–H and O–H groups in total. The van der Waals surface area contributed by atoms with Crippen LogP contribution in [0.1, 0.15) is 21.5 Å². The van der Waals surface area contributed by atoms with Crippen molar-refractivity contribution in [3.63, 3.8) is 0 Å². The molecule has 0 fully saturated rings. The van der Waals surface area contributed by atoms with Crippen LogP contribution in [0.3, 0.4) is 0 Å². The average molecular weight is 439 g/mol. The van der Waals surface area contributed by atoms with Gasteiger partial charge in [0.25, 0.3) is 5.91 Å². The fourth-order valence-electron chi connectivity index (χ4n) is 3.10. The summed E-state index contributed by atoms with van der Waals surface area (Å²) in [5.41, 5.74) is 3.58. The summed E-state index contributed by atoms with van der Waals surface area (Å²) in [4.78, 5) is 31.8. The number of rotatable bonds is 9. The molecule has 0 aliphatic heterocycles. The molecule has 0 aliphatic carbocycles. The number of nitrogens with one attached hydrogen (secondary N) is 3. The molecule has 0 saturated carbocycles. The largest absolute Gasteiger partial charge is 0.356 e. The number of guanidine groups is 1. The van der Waals surface area contributed by atoms with Gasteiger partial charge in [-0.25, -0.2) is 0 Å². The molecule has 0 unspecified atom stereocenters. The number of aliphatic imine (C=N–C) groups is 1. The lowest BCUT2D eigenvalue weighted by atomic mass is 10.1. The van der Waals surface area contributed by atoms with Crippen molar-refractivity contribution >= 4 is 23.5 Å². The number of hydrogen-bond donors (Lipinski definition) is 3. The van der Waals surface area contributed by atoms with Crippen molar-refractivity contribution in [2.24, 2.45) is 4.99 Å². The third-order valence-corrected chi connectivity index (χ3v) is 4.64. The minimum absolute atomic E-state index is 0.00239. The monoisotopic (exact) mass is 438 g/mol. The minimum Gasteiger partial charge on any atom is -0.356 e. The molecule has 2 rings (SSSR count). The van der Waals surface area contributed by atoms with Crippen molar-refractivity contribution in [2.45, 2.75) is 13.0 Å². The third-order valence-electron chi connectivity index (χ3n) is 4.64. The second-order valence-electron chi connectivity index (χ2n) is 7.99. The molecule has 2 aromatic rings. The second kappa shape index (κ2) is 12.5. The second-order valence-corrected chi connectivity index (χ2v) is 7.99. The first kappa shape index (κ1) is 24.9. The van der Waals surface area contributed by atoms with Crippen LogP contribution in [0.5, 0.6) is 0 Å². The Labute approximate surface area is 190 Å². The van der Waals surface area contributed by atoms with E-state index in [1.165, 1.54) is 0 Å².